The summed E-state index contributed by atoms with van der Waals surface area (Å²) in [6, 6.07) is 5.84. The zero-order chi connectivity index (χ0) is 12.6. The topological polar surface area (TPSA) is 54.4 Å². The first-order valence-corrected chi connectivity index (χ1v) is 6.05. The second-order valence-electron chi connectivity index (χ2n) is 4.04. The van der Waals surface area contributed by atoms with Gasteiger partial charge in [0.15, 0.2) is 5.78 Å². The van der Waals surface area contributed by atoms with Gasteiger partial charge in [0.05, 0.1) is 11.3 Å². The van der Waals surface area contributed by atoms with Crippen LogP contribution in [0.4, 0.5) is 0 Å². The number of carboxylic acid groups (broad SMARTS) is 1. The summed E-state index contributed by atoms with van der Waals surface area (Å²) in [5.74, 6) is -0.978. The minimum atomic E-state index is -0.909. The Morgan fingerprint density at radius 1 is 1.35 bits per heavy atom. The number of benzene rings is 1. The van der Waals surface area contributed by atoms with E-state index in [1.165, 1.54) is 18.3 Å². The molecule has 0 fully saturated rings. The maximum absolute atomic E-state index is 11.5. The smallest absolute Gasteiger partial charge is 0.307 e. The van der Waals surface area contributed by atoms with Crippen LogP contribution < -0.4 is 0 Å². The molecule has 0 aliphatic rings. The van der Waals surface area contributed by atoms with Crippen LogP contribution in [0.5, 0.6) is 0 Å². The molecule has 1 heterocycles. The van der Waals surface area contributed by atoms with Gasteiger partial charge in [-0.3, -0.25) is 9.59 Å². The second kappa shape index (κ2) is 4.30. The van der Waals surface area contributed by atoms with Crippen LogP contribution >= 0.6 is 11.3 Å². The first kappa shape index (κ1) is 11.8. The predicted molar refractivity (Wildman–Crippen MR) is 67.9 cm³/mol. The summed E-state index contributed by atoms with van der Waals surface area (Å²) in [4.78, 5) is 22.9. The molecule has 17 heavy (non-hydrogen) atoms. The molecule has 2 rings (SSSR count). The third kappa shape index (κ3) is 2.22. The van der Waals surface area contributed by atoms with Crippen LogP contribution in [0.15, 0.2) is 18.2 Å². The summed E-state index contributed by atoms with van der Waals surface area (Å²) in [6.07, 6.45) is -0.0988. The van der Waals surface area contributed by atoms with Crippen molar-refractivity contribution in [3.8, 4) is 0 Å². The largest absolute Gasteiger partial charge is 0.481 e. The van der Waals surface area contributed by atoms with E-state index in [0.717, 1.165) is 15.6 Å². The highest BCUT2D eigenvalue weighted by Crippen LogP contribution is 2.32. The number of aliphatic carboxylic acids is 1. The van der Waals surface area contributed by atoms with E-state index in [1.807, 2.05) is 25.1 Å². The zero-order valence-corrected chi connectivity index (χ0v) is 10.4. The SMILES string of the molecule is CC(=O)c1sc2ccc(C)cc2c1CC(=O)O. The molecular weight excluding hydrogens is 236 g/mol. The lowest BCUT2D eigenvalue weighted by molar-refractivity contribution is -0.136. The molecule has 2 aromatic rings. The summed E-state index contributed by atoms with van der Waals surface area (Å²) in [6.45, 7) is 3.43. The molecule has 3 nitrogen and oxygen atoms in total. The molecule has 0 saturated carbocycles. The van der Waals surface area contributed by atoms with Gasteiger partial charge in [0.25, 0.3) is 0 Å². The number of rotatable bonds is 3. The standard InChI is InChI=1S/C13H12O3S/c1-7-3-4-11-9(5-7)10(6-12(15)16)13(17-11)8(2)14/h3-5H,6H2,1-2H3,(H,15,16). The summed E-state index contributed by atoms with van der Waals surface area (Å²) in [5.41, 5.74) is 1.71. The summed E-state index contributed by atoms with van der Waals surface area (Å²) < 4.78 is 0.969. The van der Waals surface area contributed by atoms with Crippen molar-refractivity contribution in [2.75, 3.05) is 0 Å². The number of hydrogen-bond acceptors (Lipinski definition) is 3. The zero-order valence-electron chi connectivity index (χ0n) is 9.61. The molecule has 0 saturated heterocycles. The van der Waals surface area contributed by atoms with Gasteiger partial charge in [-0.25, -0.2) is 0 Å². The van der Waals surface area contributed by atoms with E-state index < -0.39 is 5.97 Å². The van der Waals surface area contributed by atoms with Crippen molar-refractivity contribution in [1.29, 1.82) is 0 Å². The van der Waals surface area contributed by atoms with Crippen LogP contribution in [0, 0.1) is 6.92 Å². The highest BCUT2D eigenvalue weighted by Gasteiger charge is 2.17. The van der Waals surface area contributed by atoms with Crippen molar-refractivity contribution in [1.82, 2.24) is 0 Å². The number of ketones is 1. The maximum Gasteiger partial charge on any atom is 0.307 e. The highest BCUT2D eigenvalue weighted by atomic mass is 32.1. The van der Waals surface area contributed by atoms with Crippen LogP contribution in [0.3, 0.4) is 0 Å². The van der Waals surface area contributed by atoms with Gasteiger partial charge in [-0.15, -0.1) is 11.3 Å². The van der Waals surface area contributed by atoms with Gasteiger partial charge in [-0.2, -0.15) is 0 Å². The third-order valence-corrected chi connectivity index (χ3v) is 3.91. The van der Waals surface area contributed by atoms with Crippen molar-refractivity contribution in [3.63, 3.8) is 0 Å². The molecule has 0 aliphatic heterocycles. The maximum atomic E-state index is 11.5. The van der Waals surface area contributed by atoms with E-state index in [-0.39, 0.29) is 12.2 Å². The van der Waals surface area contributed by atoms with Crippen LogP contribution in [0.1, 0.15) is 27.7 Å². The van der Waals surface area contributed by atoms with Gasteiger partial charge < -0.3 is 5.11 Å². The quantitative estimate of drug-likeness (QED) is 0.849. The lowest BCUT2D eigenvalue weighted by atomic mass is 10.0. The molecule has 88 valence electrons. The first-order chi connectivity index (χ1) is 7.99. The molecule has 1 aromatic heterocycles. The number of hydrogen-bond donors (Lipinski definition) is 1. The Balaban J connectivity index is 2.72. The normalized spacial score (nSPS) is 10.7. The number of fused-ring (bicyclic) bond motifs is 1. The fourth-order valence-corrected chi connectivity index (χ4v) is 2.97. The highest BCUT2D eigenvalue weighted by molar-refractivity contribution is 7.21. The van der Waals surface area contributed by atoms with Gasteiger partial charge >= 0.3 is 5.97 Å². The summed E-state index contributed by atoms with van der Waals surface area (Å²) in [7, 11) is 0. The fourth-order valence-electron chi connectivity index (χ4n) is 1.87. The van der Waals surface area contributed by atoms with Crippen molar-refractivity contribution in [2.45, 2.75) is 20.3 Å². The van der Waals surface area contributed by atoms with E-state index in [0.29, 0.717) is 10.4 Å². The van der Waals surface area contributed by atoms with E-state index in [4.69, 9.17) is 5.11 Å². The van der Waals surface area contributed by atoms with Crippen molar-refractivity contribution in [2.24, 2.45) is 0 Å². The van der Waals surface area contributed by atoms with E-state index in [1.54, 1.807) is 0 Å². The molecule has 0 atom stereocenters. The molecule has 0 unspecified atom stereocenters. The van der Waals surface area contributed by atoms with E-state index in [9.17, 15) is 9.59 Å². The van der Waals surface area contributed by atoms with Gasteiger partial charge in [0.1, 0.15) is 0 Å². The molecule has 1 aromatic carbocycles. The number of carboxylic acids is 1. The molecule has 4 heteroatoms. The number of carbonyl (C=O) groups excluding carboxylic acids is 1. The van der Waals surface area contributed by atoms with Crippen LogP contribution in [0.25, 0.3) is 10.1 Å². The lowest BCUT2D eigenvalue weighted by Gasteiger charge is -1.99. The Hall–Kier alpha value is -1.68. The van der Waals surface area contributed by atoms with E-state index >= 15 is 0 Å². The van der Waals surface area contributed by atoms with Crippen LogP contribution in [-0.4, -0.2) is 16.9 Å². The summed E-state index contributed by atoms with van der Waals surface area (Å²) >= 11 is 1.37. The Kier molecular flexibility index (Phi) is 2.98. The van der Waals surface area contributed by atoms with Gasteiger partial charge in [0, 0.05) is 4.70 Å². The van der Waals surface area contributed by atoms with Crippen molar-refractivity contribution < 1.29 is 14.7 Å². The second-order valence-corrected chi connectivity index (χ2v) is 5.09. The number of Topliss-reactive ketones (excluding diaryl/α,β-unsaturated/α-hetero) is 1. The average molecular weight is 248 g/mol. The molecule has 0 bridgehead atoms. The number of thiophene rings is 1. The van der Waals surface area contributed by atoms with Gasteiger partial charge in [-0.05, 0) is 30.9 Å². The minimum Gasteiger partial charge on any atom is -0.481 e. The summed E-state index contributed by atoms with van der Waals surface area (Å²) in [5, 5.41) is 9.80. The molecule has 0 radical (unpaired) electrons. The monoisotopic (exact) mass is 248 g/mol. The van der Waals surface area contributed by atoms with Crippen molar-refractivity contribution in [3.05, 3.63) is 34.2 Å². The Bertz CT molecular complexity index is 610. The molecule has 0 amide bonds. The van der Waals surface area contributed by atoms with Crippen molar-refractivity contribution >= 4 is 33.2 Å². The van der Waals surface area contributed by atoms with Crippen LogP contribution in [0.2, 0.25) is 0 Å². The van der Waals surface area contributed by atoms with E-state index in [2.05, 4.69) is 0 Å². The Morgan fingerprint density at radius 3 is 2.65 bits per heavy atom. The molecule has 0 spiro atoms. The Morgan fingerprint density at radius 2 is 2.06 bits per heavy atom. The molecule has 1 N–H and O–H groups in total. The third-order valence-electron chi connectivity index (χ3n) is 2.59. The average Bonchev–Trinajstić information content (AvgIpc) is 2.56. The minimum absolute atomic E-state index is 0.0693. The molecule has 0 aliphatic carbocycles. The van der Waals surface area contributed by atoms with Crippen LogP contribution in [-0.2, 0) is 11.2 Å². The lowest BCUT2D eigenvalue weighted by Crippen LogP contribution is -2.03. The van der Waals surface area contributed by atoms with Gasteiger partial charge in [0.2, 0.25) is 0 Å². The predicted octanol–water partition coefficient (Wildman–Crippen LogP) is 3.04. The van der Waals surface area contributed by atoms with Gasteiger partial charge in [-0.1, -0.05) is 17.7 Å². The molecular formula is C13H12O3S. The first-order valence-electron chi connectivity index (χ1n) is 5.24. The number of aryl methyl sites for hydroxylation is 1. The Labute approximate surface area is 103 Å². The fraction of sp³-hybridized carbons (Fsp3) is 0.231. The number of carbonyl (C=O) groups is 2.